The van der Waals surface area contributed by atoms with Gasteiger partial charge in [0.2, 0.25) is 11.8 Å². The molecule has 0 heterocycles. The molecule has 9 heteroatoms. The van der Waals surface area contributed by atoms with Crippen molar-refractivity contribution in [3.8, 4) is 0 Å². The van der Waals surface area contributed by atoms with E-state index in [2.05, 4.69) is 21.2 Å². The van der Waals surface area contributed by atoms with E-state index >= 15 is 0 Å². The quantitative estimate of drug-likeness (QED) is 0.164. The van der Waals surface area contributed by atoms with Gasteiger partial charge in [-0.3, -0.25) is 13.9 Å². The van der Waals surface area contributed by atoms with E-state index < -0.39 is 28.5 Å². The molecule has 7 nitrogen and oxygen atoms in total. The van der Waals surface area contributed by atoms with E-state index in [0.29, 0.717) is 18.5 Å². The van der Waals surface area contributed by atoms with Gasteiger partial charge in [-0.1, -0.05) is 115 Å². The highest BCUT2D eigenvalue weighted by atomic mass is 79.9. The van der Waals surface area contributed by atoms with Crippen LogP contribution in [0.4, 0.5) is 5.69 Å². The Labute approximate surface area is 280 Å². The maximum Gasteiger partial charge on any atom is 0.264 e. The summed E-state index contributed by atoms with van der Waals surface area (Å²) in [5, 5.41) is 3.22. The maximum atomic E-state index is 14.7. The summed E-state index contributed by atoms with van der Waals surface area (Å²) in [6, 6.07) is 31.9. The maximum absolute atomic E-state index is 14.7. The van der Waals surface area contributed by atoms with Crippen LogP contribution in [0.3, 0.4) is 0 Å². The predicted octanol–water partition coefficient (Wildman–Crippen LogP) is 6.91. The van der Waals surface area contributed by atoms with Crippen LogP contribution in [-0.4, -0.2) is 43.8 Å². The molecular weight excluding hydrogens is 662 g/mol. The first kappa shape index (κ1) is 33.4. The molecule has 0 bridgehead atoms. The number of para-hydroxylation sites is 1. The molecule has 240 valence electrons. The number of benzene rings is 4. The number of anilines is 1. The fourth-order valence-electron chi connectivity index (χ4n) is 5.99. The second-order valence-corrected chi connectivity index (χ2v) is 14.4. The van der Waals surface area contributed by atoms with Gasteiger partial charge in [0, 0.05) is 23.5 Å². The van der Waals surface area contributed by atoms with Crippen LogP contribution in [0.2, 0.25) is 0 Å². The summed E-state index contributed by atoms with van der Waals surface area (Å²) >= 11 is 3.48. The third kappa shape index (κ3) is 8.25. The van der Waals surface area contributed by atoms with Crippen LogP contribution in [0.5, 0.6) is 0 Å². The van der Waals surface area contributed by atoms with E-state index in [9.17, 15) is 18.0 Å². The van der Waals surface area contributed by atoms with Crippen molar-refractivity contribution in [3.05, 3.63) is 130 Å². The Balaban J connectivity index is 1.58. The lowest BCUT2D eigenvalue weighted by molar-refractivity contribution is -0.140. The van der Waals surface area contributed by atoms with Crippen LogP contribution in [-0.2, 0) is 39.0 Å². The van der Waals surface area contributed by atoms with E-state index in [1.54, 1.807) is 35.2 Å². The predicted molar refractivity (Wildman–Crippen MR) is 186 cm³/mol. The van der Waals surface area contributed by atoms with Crippen molar-refractivity contribution < 1.29 is 18.0 Å². The number of hydrogen-bond donors (Lipinski definition) is 1. The summed E-state index contributed by atoms with van der Waals surface area (Å²) in [6.45, 7) is 1.63. The standard InChI is InChI=1S/C37H40BrN3O4S/c1-2-30-15-9-12-20-34(30)41(46(44,45)33-18-7-4-8-19-33)27-36(42)40(26-29-21-23-31(38)24-22-29)35(25-28-13-5-3-6-14-28)37(43)39-32-16-10-11-17-32/h3-9,12-15,18-24,32,35H,2,10-11,16-17,25-27H2,1H3,(H,39,43)/t35-/m0/s1. The molecule has 1 aliphatic carbocycles. The summed E-state index contributed by atoms with van der Waals surface area (Å²) in [4.78, 5) is 30.5. The largest absolute Gasteiger partial charge is 0.352 e. The molecule has 0 radical (unpaired) electrons. The van der Waals surface area contributed by atoms with Gasteiger partial charge in [0.25, 0.3) is 10.0 Å². The van der Waals surface area contributed by atoms with Gasteiger partial charge in [-0.2, -0.15) is 0 Å². The van der Waals surface area contributed by atoms with Crippen molar-refractivity contribution >= 4 is 43.5 Å². The molecule has 0 unspecified atom stereocenters. The van der Waals surface area contributed by atoms with Gasteiger partial charge in [0.15, 0.2) is 0 Å². The van der Waals surface area contributed by atoms with E-state index in [0.717, 1.165) is 46.8 Å². The number of nitrogens with zero attached hydrogens (tertiary/aromatic N) is 2. The number of halogens is 1. The number of rotatable bonds is 13. The minimum atomic E-state index is -4.14. The Morgan fingerprint density at radius 2 is 1.43 bits per heavy atom. The zero-order valence-corrected chi connectivity index (χ0v) is 28.4. The van der Waals surface area contributed by atoms with Gasteiger partial charge in [0.05, 0.1) is 10.6 Å². The van der Waals surface area contributed by atoms with Gasteiger partial charge in [0.1, 0.15) is 12.6 Å². The Bertz CT molecular complexity index is 1710. The average Bonchev–Trinajstić information content (AvgIpc) is 3.59. The lowest BCUT2D eigenvalue weighted by Crippen LogP contribution is -2.54. The smallest absolute Gasteiger partial charge is 0.264 e. The van der Waals surface area contributed by atoms with Gasteiger partial charge < -0.3 is 10.2 Å². The molecule has 46 heavy (non-hydrogen) atoms. The molecule has 1 atom stereocenters. The Morgan fingerprint density at radius 1 is 0.826 bits per heavy atom. The number of amides is 2. The van der Waals surface area contributed by atoms with Gasteiger partial charge in [-0.15, -0.1) is 0 Å². The topological polar surface area (TPSA) is 86.8 Å². The highest BCUT2D eigenvalue weighted by Crippen LogP contribution is 2.29. The van der Waals surface area contributed by atoms with Crippen LogP contribution in [0, 0.1) is 0 Å². The summed E-state index contributed by atoms with van der Waals surface area (Å²) in [5.74, 6) is -0.691. The molecule has 4 aromatic rings. The van der Waals surface area contributed by atoms with Crippen LogP contribution in [0.15, 0.2) is 119 Å². The van der Waals surface area contributed by atoms with Crippen LogP contribution in [0.1, 0.15) is 49.3 Å². The number of carbonyl (C=O) groups excluding carboxylic acids is 2. The molecule has 1 fully saturated rings. The number of carbonyl (C=O) groups is 2. The second kappa shape index (κ2) is 15.6. The monoisotopic (exact) mass is 701 g/mol. The summed E-state index contributed by atoms with van der Waals surface area (Å²) in [7, 11) is -4.14. The third-order valence-corrected chi connectivity index (χ3v) is 10.8. The molecule has 5 rings (SSSR count). The first-order valence-corrected chi connectivity index (χ1v) is 18.0. The van der Waals surface area contributed by atoms with Crippen molar-refractivity contribution in [2.24, 2.45) is 0 Å². The van der Waals surface area contributed by atoms with Crippen molar-refractivity contribution in [2.45, 2.75) is 69.0 Å². The van der Waals surface area contributed by atoms with Gasteiger partial charge >= 0.3 is 0 Å². The number of hydrogen-bond acceptors (Lipinski definition) is 4. The van der Waals surface area contributed by atoms with E-state index in [4.69, 9.17) is 0 Å². The lowest BCUT2D eigenvalue weighted by atomic mass is 10.0. The molecule has 4 aromatic carbocycles. The van der Waals surface area contributed by atoms with Crippen LogP contribution >= 0.6 is 15.9 Å². The third-order valence-electron chi connectivity index (χ3n) is 8.49. The number of aryl methyl sites for hydroxylation is 1. The zero-order chi connectivity index (χ0) is 32.5. The van der Waals surface area contributed by atoms with Crippen molar-refractivity contribution in [1.29, 1.82) is 0 Å². The van der Waals surface area contributed by atoms with Gasteiger partial charge in [-0.05, 0) is 66.3 Å². The molecule has 1 saturated carbocycles. The molecular formula is C37H40BrN3O4S. The van der Waals surface area contributed by atoms with E-state index in [1.165, 1.54) is 16.4 Å². The molecule has 1 N–H and O–H groups in total. The van der Waals surface area contributed by atoms with Crippen molar-refractivity contribution in [1.82, 2.24) is 10.2 Å². The van der Waals surface area contributed by atoms with E-state index in [-0.39, 0.29) is 23.4 Å². The van der Waals surface area contributed by atoms with Crippen LogP contribution < -0.4 is 9.62 Å². The molecule has 0 spiro atoms. The second-order valence-electron chi connectivity index (χ2n) is 11.7. The Kier molecular flexibility index (Phi) is 11.3. The lowest BCUT2D eigenvalue weighted by Gasteiger charge is -2.34. The fourth-order valence-corrected chi connectivity index (χ4v) is 7.73. The minimum Gasteiger partial charge on any atom is -0.352 e. The van der Waals surface area contributed by atoms with Crippen molar-refractivity contribution in [3.63, 3.8) is 0 Å². The molecule has 0 saturated heterocycles. The van der Waals surface area contributed by atoms with Crippen molar-refractivity contribution in [2.75, 3.05) is 10.8 Å². The Morgan fingerprint density at radius 3 is 2.09 bits per heavy atom. The zero-order valence-electron chi connectivity index (χ0n) is 26.0. The summed E-state index contributed by atoms with van der Waals surface area (Å²) in [6.07, 6.45) is 4.79. The molecule has 0 aliphatic heterocycles. The summed E-state index contributed by atoms with van der Waals surface area (Å²) in [5.41, 5.74) is 2.98. The van der Waals surface area contributed by atoms with E-state index in [1.807, 2.05) is 73.7 Å². The number of nitrogens with one attached hydrogen (secondary N) is 1. The molecule has 0 aromatic heterocycles. The molecule has 2 amide bonds. The minimum absolute atomic E-state index is 0.0572. The fraction of sp³-hybridized carbons (Fsp3) is 0.297. The summed E-state index contributed by atoms with van der Waals surface area (Å²) < 4.78 is 30.6. The first-order valence-electron chi connectivity index (χ1n) is 15.8. The normalized spacial score (nSPS) is 14.0. The SMILES string of the molecule is CCc1ccccc1N(CC(=O)N(Cc1ccc(Br)cc1)[C@@H](Cc1ccccc1)C(=O)NC1CCCC1)S(=O)(=O)c1ccccc1. The average molecular weight is 703 g/mol. The highest BCUT2D eigenvalue weighted by Gasteiger charge is 2.36. The first-order chi connectivity index (χ1) is 22.3. The van der Waals surface area contributed by atoms with Crippen LogP contribution in [0.25, 0.3) is 0 Å². The number of sulfonamides is 1. The Hall–Kier alpha value is -3.95. The highest BCUT2D eigenvalue weighted by molar-refractivity contribution is 9.10. The molecule has 1 aliphatic rings. The van der Waals surface area contributed by atoms with Gasteiger partial charge in [-0.25, -0.2) is 8.42 Å².